The van der Waals surface area contributed by atoms with Crippen LogP contribution in [-0.2, 0) is 14.3 Å². The third-order valence-electron chi connectivity index (χ3n) is 6.19. The number of rotatable bonds is 8. The molecular weight excluding hydrogens is 434 g/mol. The molecule has 33 heavy (non-hydrogen) atoms. The van der Waals surface area contributed by atoms with Crippen molar-refractivity contribution in [2.24, 2.45) is 11.8 Å². The Kier molecular flexibility index (Phi) is 6.05. The molecule has 2 aromatic rings. The van der Waals surface area contributed by atoms with Crippen LogP contribution in [0.4, 0.5) is 13.6 Å². The number of carbonyl (C=O) groups is 3. The van der Waals surface area contributed by atoms with Gasteiger partial charge in [-0.15, -0.1) is 0 Å². The Morgan fingerprint density at radius 1 is 1.06 bits per heavy atom. The second-order valence-corrected chi connectivity index (χ2v) is 8.48. The highest BCUT2D eigenvalue weighted by molar-refractivity contribution is 5.80. The van der Waals surface area contributed by atoms with E-state index < -0.39 is 48.3 Å². The number of fused-ring (bicyclic) bond motifs is 3. The van der Waals surface area contributed by atoms with Crippen molar-refractivity contribution in [2.75, 3.05) is 13.2 Å². The zero-order valence-electron chi connectivity index (χ0n) is 17.9. The number of halogens is 2. The Morgan fingerprint density at radius 3 is 2.18 bits per heavy atom. The number of carboxylic acid groups (broad SMARTS) is 1. The van der Waals surface area contributed by atoms with Gasteiger partial charge in [-0.05, 0) is 29.2 Å². The molecule has 1 saturated carbocycles. The predicted octanol–water partition coefficient (Wildman–Crippen LogP) is 3.39. The van der Waals surface area contributed by atoms with E-state index in [1.54, 1.807) is 6.92 Å². The Morgan fingerprint density at radius 2 is 1.64 bits per heavy atom. The fraction of sp³-hybridized carbons (Fsp3) is 0.375. The summed E-state index contributed by atoms with van der Waals surface area (Å²) in [7, 11) is 0. The number of alkyl carbamates (subject to hydrolysis) is 1. The van der Waals surface area contributed by atoms with Crippen LogP contribution in [0.2, 0.25) is 0 Å². The van der Waals surface area contributed by atoms with E-state index in [2.05, 4.69) is 10.6 Å². The van der Waals surface area contributed by atoms with Crippen LogP contribution in [0.3, 0.4) is 0 Å². The number of alkyl halides is 2. The van der Waals surface area contributed by atoms with Gasteiger partial charge in [0.2, 0.25) is 5.91 Å². The first kappa shape index (κ1) is 22.7. The van der Waals surface area contributed by atoms with Gasteiger partial charge in [0.25, 0.3) is 5.92 Å². The highest BCUT2D eigenvalue weighted by Gasteiger charge is 2.72. The van der Waals surface area contributed by atoms with Gasteiger partial charge in [0.05, 0.1) is 5.92 Å². The molecule has 2 aliphatic carbocycles. The molecule has 0 aliphatic heterocycles. The first-order chi connectivity index (χ1) is 15.7. The Balaban J connectivity index is 1.24. The maximum Gasteiger partial charge on any atom is 0.407 e. The van der Waals surface area contributed by atoms with Crippen LogP contribution in [0.15, 0.2) is 48.5 Å². The van der Waals surface area contributed by atoms with E-state index in [-0.39, 0.29) is 18.9 Å². The van der Waals surface area contributed by atoms with Crippen LogP contribution in [0.1, 0.15) is 30.4 Å². The summed E-state index contributed by atoms with van der Waals surface area (Å²) in [5, 5.41) is 13.6. The number of hydrogen-bond donors (Lipinski definition) is 3. The molecule has 0 saturated heterocycles. The second kappa shape index (κ2) is 8.80. The van der Waals surface area contributed by atoms with Gasteiger partial charge in [0.1, 0.15) is 12.5 Å². The fourth-order valence-corrected chi connectivity index (χ4v) is 4.45. The molecule has 0 aromatic heterocycles. The number of amides is 2. The largest absolute Gasteiger partial charge is 0.481 e. The molecule has 9 heteroatoms. The van der Waals surface area contributed by atoms with Crippen LogP contribution in [0, 0.1) is 11.8 Å². The third kappa shape index (κ3) is 4.53. The molecule has 7 nitrogen and oxygen atoms in total. The summed E-state index contributed by atoms with van der Waals surface area (Å²) >= 11 is 0. The summed E-state index contributed by atoms with van der Waals surface area (Å²) in [5.74, 6) is -8.73. The number of carbonyl (C=O) groups excluding carboxylic acids is 2. The van der Waals surface area contributed by atoms with Crippen molar-refractivity contribution < 1.29 is 33.0 Å². The van der Waals surface area contributed by atoms with Gasteiger partial charge < -0.3 is 20.5 Å². The maximum atomic E-state index is 13.4. The molecule has 0 spiro atoms. The first-order valence-corrected chi connectivity index (χ1v) is 10.7. The van der Waals surface area contributed by atoms with E-state index in [4.69, 9.17) is 9.84 Å². The van der Waals surface area contributed by atoms with Gasteiger partial charge >= 0.3 is 12.1 Å². The number of ether oxygens (including phenoxy) is 1. The molecule has 0 heterocycles. The lowest BCUT2D eigenvalue weighted by Gasteiger charge is -2.17. The third-order valence-corrected chi connectivity index (χ3v) is 6.19. The van der Waals surface area contributed by atoms with Crippen molar-refractivity contribution in [1.82, 2.24) is 10.6 Å². The van der Waals surface area contributed by atoms with Crippen molar-refractivity contribution in [1.29, 1.82) is 0 Å². The lowest BCUT2D eigenvalue weighted by atomic mass is 9.98. The van der Waals surface area contributed by atoms with Crippen LogP contribution in [0.25, 0.3) is 11.1 Å². The van der Waals surface area contributed by atoms with Gasteiger partial charge in [-0.25, -0.2) is 13.6 Å². The van der Waals surface area contributed by atoms with Gasteiger partial charge in [-0.1, -0.05) is 48.5 Å². The van der Waals surface area contributed by atoms with E-state index in [1.807, 2.05) is 48.5 Å². The average molecular weight is 458 g/mol. The molecule has 0 bridgehead atoms. The number of hydrogen-bond acceptors (Lipinski definition) is 4. The van der Waals surface area contributed by atoms with E-state index in [9.17, 15) is 23.2 Å². The number of benzene rings is 2. The molecule has 1 fully saturated rings. The quantitative estimate of drug-likeness (QED) is 0.563. The Bertz CT molecular complexity index is 1040. The summed E-state index contributed by atoms with van der Waals surface area (Å²) in [6.45, 7) is 1.29. The topological polar surface area (TPSA) is 105 Å². The summed E-state index contributed by atoms with van der Waals surface area (Å²) in [6.07, 6.45) is -0.836. The SMILES string of the molecule is CC(CC(=O)NC[C@@H]1[C@H](C(=O)O)C1(F)F)NC(=O)OCC1c2ccccc2-c2ccccc21. The van der Waals surface area contributed by atoms with Crippen molar-refractivity contribution in [3.05, 3.63) is 59.7 Å². The Hall–Kier alpha value is -3.49. The molecule has 2 aliphatic rings. The summed E-state index contributed by atoms with van der Waals surface area (Å²) in [6, 6.07) is 15.3. The molecule has 2 amide bonds. The standard InChI is InChI=1S/C24H24F2N2O5/c1-13(10-20(29)27-11-19-21(22(30)31)24(19,25)26)28-23(32)33-12-18-16-8-4-2-6-14(16)15-7-3-5-9-17(15)18/h2-9,13,18-19,21H,10-12H2,1H3,(H,27,29)(H,28,32)(H,30,31)/t13?,19-,21-/m1/s1. The maximum absolute atomic E-state index is 13.4. The minimum absolute atomic E-state index is 0.0934. The van der Waals surface area contributed by atoms with E-state index in [0.717, 1.165) is 22.3 Å². The van der Waals surface area contributed by atoms with Crippen molar-refractivity contribution in [2.45, 2.75) is 31.2 Å². The Labute approximate surface area is 189 Å². The molecule has 174 valence electrons. The molecule has 3 atom stereocenters. The number of carboxylic acids is 1. The summed E-state index contributed by atoms with van der Waals surface area (Å²) in [5.41, 5.74) is 4.38. The molecule has 3 N–H and O–H groups in total. The highest BCUT2D eigenvalue weighted by Crippen LogP contribution is 2.54. The molecule has 0 radical (unpaired) electrons. The zero-order valence-corrected chi connectivity index (χ0v) is 17.9. The van der Waals surface area contributed by atoms with Crippen LogP contribution in [-0.4, -0.2) is 48.2 Å². The molecule has 4 rings (SSSR count). The fourth-order valence-electron chi connectivity index (χ4n) is 4.45. The molecule has 2 aromatic carbocycles. The van der Waals surface area contributed by atoms with Crippen LogP contribution < -0.4 is 10.6 Å². The normalized spacial score (nSPS) is 20.8. The van der Waals surface area contributed by atoms with Crippen molar-refractivity contribution in [3.63, 3.8) is 0 Å². The van der Waals surface area contributed by atoms with E-state index in [0.29, 0.717) is 0 Å². The first-order valence-electron chi connectivity index (χ1n) is 10.7. The van der Waals surface area contributed by atoms with Gasteiger partial charge in [0, 0.05) is 24.9 Å². The monoisotopic (exact) mass is 458 g/mol. The van der Waals surface area contributed by atoms with Crippen molar-refractivity contribution in [3.8, 4) is 11.1 Å². The minimum Gasteiger partial charge on any atom is -0.481 e. The summed E-state index contributed by atoms with van der Waals surface area (Å²) in [4.78, 5) is 35.0. The lowest BCUT2D eigenvalue weighted by molar-refractivity contribution is -0.141. The van der Waals surface area contributed by atoms with E-state index >= 15 is 0 Å². The second-order valence-electron chi connectivity index (χ2n) is 8.48. The highest BCUT2D eigenvalue weighted by atomic mass is 19.3. The minimum atomic E-state index is -3.32. The smallest absolute Gasteiger partial charge is 0.407 e. The predicted molar refractivity (Wildman–Crippen MR) is 115 cm³/mol. The van der Waals surface area contributed by atoms with E-state index in [1.165, 1.54) is 0 Å². The van der Waals surface area contributed by atoms with Crippen LogP contribution in [0.5, 0.6) is 0 Å². The van der Waals surface area contributed by atoms with Gasteiger partial charge in [-0.3, -0.25) is 9.59 Å². The summed E-state index contributed by atoms with van der Waals surface area (Å²) < 4.78 is 32.2. The van der Waals surface area contributed by atoms with Gasteiger partial charge in [-0.2, -0.15) is 0 Å². The number of nitrogens with one attached hydrogen (secondary N) is 2. The zero-order chi connectivity index (χ0) is 23.8. The lowest BCUT2D eigenvalue weighted by Crippen LogP contribution is -2.38. The van der Waals surface area contributed by atoms with Gasteiger partial charge in [0.15, 0.2) is 0 Å². The van der Waals surface area contributed by atoms with Crippen LogP contribution >= 0.6 is 0 Å². The molecule has 1 unspecified atom stereocenters. The van der Waals surface area contributed by atoms with Crippen molar-refractivity contribution >= 4 is 18.0 Å². The average Bonchev–Trinajstić information content (AvgIpc) is 3.18. The number of aliphatic carboxylic acids is 1. The molecular formula is C24H24F2N2O5.